The minimum absolute atomic E-state index is 0.0229. The fourth-order valence-corrected chi connectivity index (χ4v) is 14.5. The Balaban J connectivity index is 0.721. The molecule has 10 rings (SSSR count). The number of allylic oxidation sites excluding steroid dienone is 4. The highest BCUT2D eigenvalue weighted by atomic mass is 16.7. The predicted molar refractivity (Wildman–Crippen MR) is 289 cm³/mol. The number of fused-ring (bicyclic) bond motifs is 7. The van der Waals surface area contributed by atoms with Crippen molar-refractivity contribution in [1.82, 2.24) is 15.5 Å². The van der Waals surface area contributed by atoms with Gasteiger partial charge in [0.25, 0.3) is 0 Å². The first-order valence-electron chi connectivity index (χ1n) is 28.6. The van der Waals surface area contributed by atoms with E-state index in [1.807, 2.05) is 30.3 Å². The zero-order valence-electron chi connectivity index (χ0n) is 46.4. The topological polar surface area (TPSA) is 362 Å². The van der Waals surface area contributed by atoms with Crippen LogP contribution in [0.25, 0.3) is 0 Å². The fourth-order valence-electron chi connectivity index (χ4n) is 14.5. The first-order valence-corrected chi connectivity index (χ1v) is 28.6. The van der Waals surface area contributed by atoms with Crippen molar-refractivity contribution in [3.8, 4) is 5.75 Å². The Labute approximate surface area is 479 Å². The smallest absolute Gasteiger partial charge is 0.410 e. The van der Waals surface area contributed by atoms with Gasteiger partial charge in [-0.2, -0.15) is 0 Å². The molecular formula is C59H75N5O19. The molecule has 4 aliphatic heterocycles. The average Bonchev–Trinajstić information content (AvgIpc) is 1.68. The lowest BCUT2D eigenvalue weighted by molar-refractivity contribution is -0.271. The SMILES string of the molecule is CC(=O)N[C@@H](CCCCN)C(=O)NCCC(=O)Nc1cc(COC(=O)N2CC3(COC(Cc4ccc([C@@H]5O[C@@H]6C[C@@H]7C(C[C@H](O)[C@H]8[C@H]7CCC7=CC(=O)C=C[C@@]78C)[C@]6(C(=O)CO)O5)cc4)C3)C2)ccc1O[C@@H]1O[C@H](C(=O)O)[C@@H](O)[C@H](O)[C@H]1O. The summed E-state index contributed by atoms with van der Waals surface area (Å²) in [4.78, 5) is 90.9. The van der Waals surface area contributed by atoms with E-state index in [-0.39, 0.29) is 72.0 Å². The van der Waals surface area contributed by atoms with Gasteiger partial charge in [-0.3, -0.25) is 24.0 Å². The molecule has 7 fully saturated rings. The molecular weight excluding hydrogens is 1080 g/mol. The van der Waals surface area contributed by atoms with Gasteiger partial charge < -0.3 is 85.6 Å². The summed E-state index contributed by atoms with van der Waals surface area (Å²) in [7, 11) is 0. The number of hydrogen-bond donors (Lipinski definition) is 10. The van der Waals surface area contributed by atoms with E-state index in [0.29, 0.717) is 82.3 Å². The van der Waals surface area contributed by atoms with Crippen molar-refractivity contribution in [3.63, 3.8) is 0 Å². The van der Waals surface area contributed by atoms with Crippen molar-refractivity contribution in [2.75, 3.05) is 44.7 Å². The number of anilines is 1. The van der Waals surface area contributed by atoms with Gasteiger partial charge in [0, 0.05) is 61.2 Å². The summed E-state index contributed by atoms with van der Waals surface area (Å²) in [5, 5.41) is 70.9. The Morgan fingerprint density at radius 1 is 0.940 bits per heavy atom. The van der Waals surface area contributed by atoms with E-state index in [4.69, 9.17) is 34.2 Å². The van der Waals surface area contributed by atoms with Gasteiger partial charge in [-0.15, -0.1) is 0 Å². The standard InChI is InChI=1S/C59H75N5O19/c1-30(66)62-40(5-3-4-17-60)52(74)61-18-15-46(70)63-41-20-32(8-13-43(41)80-55-50(73)48(71)49(72)51(82-55)53(75)76)26-78-56(77)64-27-58(28-64)24-36(79-29-58)19-31-6-9-33(10-7-31)54-81-45-22-38-37-12-11-34-21-35(67)14-16-57(34,2)47(37)42(68)23-39(38)59(45,83-54)44(69)25-65/h6-10,13-14,16,20-21,36-40,42,45,47-51,54-55,65,68,71-73H,3-5,11-12,15,17-19,22-29,60H2,1-2H3,(H,61,74)(H,62,66)(H,63,70)(H,75,76)/t36?,37-,38-,39?,40-,42-,45+,47+,48-,49-,50+,51-,54+,55+,57-,59+/m0/s1. The quantitative estimate of drug-likeness (QED) is 0.0833. The zero-order valence-corrected chi connectivity index (χ0v) is 46.4. The Morgan fingerprint density at radius 2 is 1.70 bits per heavy atom. The number of hydrogen-bond acceptors (Lipinski definition) is 19. The molecule has 2 unspecified atom stereocenters. The van der Waals surface area contributed by atoms with Crippen LogP contribution in [-0.2, 0) is 65.5 Å². The van der Waals surface area contributed by atoms with Gasteiger partial charge in [0.15, 0.2) is 29.6 Å². The maximum atomic E-state index is 13.9. The second kappa shape index (κ2) is 24.4. The zero-order chi connectivity index (χ0) is 59.1. The van der Waals surface area contributed by atoms with E-state index in [0.717, 1.165) is 24.0 Å². The van der Waals surface area contributed by atoms with Crippen LogP contribution in [0.1, 0.15) is 94.6 Å². The number of aliphatic carboxylic acids is 1. The van der Waals surface area contributed by atoms with Crippen molar-refractivity contribution in [3.05, 3.63) is 83.0 Å². The van der Waals surface area contributed by atoms with Crippen molar-refractivity contribution >= 4 is 47.0 Å². The normalized spacial score (nSPS) is 34.0. The Hall–Kier alpha value is -6.19. The number of nitrogens with two attached hydrogens (primary N) is 1. The molecule has 3 saturated carbocycles. The molecule has 11 N–H and O–H groups in total. The number of ether oxygens (including phenoxy) is 6. The van der Waals surface area contributed by atoms with Gasteiger partial charge in [0.05, 0.1) is 30.6 Å². The number of amides is 4. The van der Waals surface area contributed by atoms with E-state index in [1.54, 1.807) is 17.1 Å². The van der Waals surface area contributed by atoms with Gasteiger partial charge in [-0.05, 0) is 112 Å². The number of aliphatic hydroxyl groups excluding tert-OH is 5. The van der Waals surface area contributed by atoms with Crippen LogP contribution in [0.2, 0.25) is 0 Å². The molecule has 16 atom stereocenters. The monoisotopic (exact) mass is 1160 g/mol. The second-order valence-corrected chi connectivity index (χ2v) is 24.0. The summed E-state index contributed by atoms with van der Waals surface area (Å²) in [5.74, 6) is -4.19. The summed E-state index contributed by atoms with van der Waals surface area (Å²) in [6.45, 7) is 3.87. The van der Waals surface area contributed by atoms with Crippen LogP contribution in [0.4, 0.5) is 10.5 Å². The highest BCUT2D eigenvalue weighted by Gasteiger charge is 2.70. The number of carbonyl (C=O) groups is 7. The average molecular weight is 1160 g/mol. The van der Waals surface area contributed by atoms with Gasteiger partial charge in [-0.25, -0.2) is 9.59 Å². The van der Waals surface area contributed by atoms with Crippen LogP contribution in [0.5, 0.6) is 5.75 Å². The Bertz CT molecular complexity index is 2880. The number of carboxylic acids is 1. The summed E-state index contributed by atoms with van der Waals surface area (Å²) in [6.07, 6.45) is -2.43. The number of likely N-dealkylation sites (tertiary alicyclic amines) is 1. The number of unbranched alkanes of at least 4 members (excludes halogenated alkanes) is 1. The molecule has 24 heteroatoms. The lowest BCUT2D eigenvalue weighted by atomic mass is 9.49. The number of Topliss-reactive ketones (excluding diaryl/α,β-unsaturated/α-hetero) is 1. The lowest BCUT2D eigenvalue weighted by Gasteiger charge is -2.56. The first kappa shape index (κ1) is 60.0. The van der Waals surface area contributed by atoms with E-state index in [2.05, 4.69) is 22.9 Å². The van der Waals surface area contributed by atoms with E-state index in [9.17, 15) is 64.2 Å². The summed E-state index contributed by atoms with van der Waals surface area (Å²) >= 11 is 0. The maximum Gasteiger partial charge on any atom is 0.410 e. The Morgan fingerprint density at radius 3 is 2.42 bits per heavy atom. The molecule has 0 bridgehead atoms. The van der Waals surface area contributed by atoms with Gasteiger partial charge in [0.2, 0.25) is 24.0 Å². The number of benzene rings is 2. The van der Waals surface area contributed by atoms with E-state index < -0.39 is 108 Å². The third-order valence-electron chi connectivity index (χ3n) is 18.5. The number of rotatable bonds is 20. The largest absolute Gasteiger partial charge is 0.479 e. The van der Waals surface area contributed by atoms with Crippen molar-refractivity contribution in [2.45, 2.75) is 152 Å². The molecule has 4 heterocycles. The number of carboxylic acid groups (broad SMARTS) is 1. The summed E-state index contributed by atoms with van der Waals surface area (Å²) in [5.41, 5.74) is 6.51. The van der Waals surface area contributed by atoms with E-state index in [1.165, 1.54) is 25.1 Å². The molecule has 4 aliphatic carbocycles. The van der Waals surface area contributed by atoms with Crippen LogP contribution in [0.15, 0.2) is 66.3 Å². The molecule has 0 aromatic heterocycles. The number of nitrogens with one attached hydrogen (secondary N) is 3. The molecule has 2 aromatic carbocycles. The van der Waals surface area contributed by atoms with Crippen molar-refractivity contribution in [2.24, 2.45) is 40.2 Å². The van der Waals surface area contributed by atoms with Crippen LogP contribution in [0.3, 0.4) is 0 Å². The van der Waals surface area contributed by atoms with Gasteiger partial charge in [-0.1, -0.05) is 48.9 Å². The molecule has 4 saturated heterocycles. The number of aliphatic hydroxyl groups is 5. The van der Waals surface area contributed by atoms with Gasteiger partial charge in [0.1, 0.15) is 43.3 Å². The lowest BCUT2D eigenvalue weighted by Crippen LogP contribution is -2.61. The summed E-state index contributed by atoms with van der Waals surface area (Å²) < 4.78 is 36.3. The van der Waals surface area contributed by atoms with Crippen molar-refractivity contribution in [1.29, 1.82) is 0 Å². The molecule has 0 radical (unpaired) electrons. The minimum atomic E-state index is -1.98. The van der Waals surface area contributed by atoms with Crippen LogP contribution in [-0.4, -0.2) is 177 Å². The van der Waals surface area contributed by atoms with Crippen LogP contribution < -0.4 is 26.4 Å². The second-order valence-electron chi connectivity index (χ2n) is 24.0. The molecule has 4 amide bonds. The van der Waals surface area contributed by atoms with Crippen LogP contribution >= 0.6 is 0 Å². The number of ketones is 2. The maximum absolute atomic E-state index is 13.9. The van der Waals surface area contributed by atoms with Gasteiger partial charge >= 0.3 is 12.1 Å². The molecule has 450 valence electrons. The van der Waals surface area contributed by atoms with E-state index >= 15 is 0 Å². The molecule has 83 heavy (non-hydrogen) atoms. The van der Waals surface area contributed by atoms with Crippen LogP contribution in [0, 0.1) is 34.5 Å². The predicted octanol–water partition coefficient (Wildman–Crippen LogP) is 1.22. The van der Waals surface area contributed by atoms with Crippen molar-refractivity contribution < 1.29 is 92.6 Å². The molecule has 2 aromatic rings. The minimum Gasteiger partial charge on any atom is -0.479 e. The molecule has 24 nitrogen and oxygen atoms in total. The third kappa shape index (κ3) is 12.0. The summed E-state index contributed by atoms with van der Waals surface area (Å²) in [6, 6.07) is 11.2. The number of nitrogens with zero attached hydrogens (tertiary/aromatic N) is 1. The molecule has 8 aliphatic rings. The first-order chi connectivity index (χ1) is 39.6. The molecule has 1 spiro atoms. The third-order valence-corrected chi connectivity index (χ3v) is 18.5. The highest BCUT2D eigenvalue weighted by Crippen LogP contribution is 2.65. The highest BCUT2D eigenvalue weighted by molar-refractivity contribution is 6.01. The fraction of sp³-hybridized carbons (Fsp3) is 0.610. The number of carbonyl (C=O) groups excluding carboxylic acids is 6. The Kier molecular flexibility index (Phi) is 17.6.